The zero-order valence-corrected chi connectivity index (χ0v) is 45.8. The third-order valence-corrected chi connectivity index (χ3v) is 17.8. The molecule has 3 N–H and O–H groups in total. The Morgan fingerprint density at radius 1 is 0.756 bits per heavy atom. The fourth-order valence-electron chi connectivity index (χ4n) is 11.8. The van der Waals surface area contributed by atoms with Crippen LogP contribution in [0.15, 0.2) is 91.4 Å². The van der Waals surface area contributed by atoms with Gasteiger partial charge in [0.25, 0.3) is 11.8 Å². The first-order chi connectivity index (χ1) is 37.6. The molecule has 5 aliphatic heterocycles. The monoisotopic (exact) mass is 1100 g/mol. The molecule has 7 heterocycles. The lowest BCUT2D eigenvalue weighted by molar-refractivity contribution is -0.136. The number of imide groups is 2. The van der Waals surface area contributed by atoms with Crippen LogP contribution in [0.4, 0.5) is 38.9 Å². The molecule has 0 aliphatic carbocycles. The maximum atomic E-state index is 15.6. The Bertz CT molecular complexity index is 3350. The molecule has 406 valence electrons. The minimum absolute atomic E-state index is 0.0161. The van der Waals surface area contributed by atoms with Gasteiger partial charge in [0.1, 0.15) is 29.8 Å². The van der Waals surface area contributed by atoms with E-state index in [1.165, 1.54) is 12.3 Å². The largest absolute Gasteiger partial charge is 0.494 e. The van der Waals surface area contributed by atoms with Crippen molar-refractivity contribution in [3.05, 3.63) is 113 Å². The van der Waals surface area contributed by atoms with Gasteiger partial charge in [-0.15, -0.1) is 0 Å². The van der Waals surface area contributed by atoms with Crippen molar-refractivity contribution in [2.24, 2.45) is 13.0 Å². The third kappa shape index (κ3) is 10.8. The molecule has 0 saturated carbocycles. The number of benzene rings is 4. The number of fused-ring (bicyclic) bond motifs is 1. The number of rotatable bonds is 14. The molecule has 2 aromatic heterocycles. The Hall–Kier alpha value is -7.18. The fraction of sp³-hybridized carbons (Fsp3) is 0.386. The summed E-state index contributed by atoms with van der Waals surface area (Å²) in [4.78, 5) is 70.7. The topological polar surface area (TPSA) is 190 Å². The summed E-state index contributed by atoms with van der Waals surface area (Å²) >= 11 is 6.72. The van der Waals surface area contributed by atoms with Gasteiger partial charge in [0.2, 0.25) is 17.8 Å². The van der Waals surface area contributed by atoms with Gasteiger partial charge < -0.3 is 34.6 Å². The van der Waals surface area contributed by atoms with E-state index in [0.29, 0.717) is 64.3 Å². The summed E-state index contributed by atoms with van der Waals surface area (Å²) in [6.07, 6.45) is 9.73. The van der Waals surface area contributed by atoms with Gasteiger partial charge in [-0.1, -0.05) is 48.0 Å². The van der Waals surface area contributed by atoms with Gasteiger partial charge in [-0.05, 0) is 106 Å². The second-order valence-electron chi connectivity index (χ2n) is 21.3. The van der Waals surface area contributed by atoms with Crippen molar-refractivity contribution in [2.75, 3.05) is 99.8 Å². The third-order valence-electron chi connectivity index (χ3n) is 16.0. The maximum Gasteiger partial charge on any atom is 0.262 e. The Kier molecular flexibility index (Phi) is 14.9. The van der Waals surface area contributed by atoms with Gasteiger partial charge in [-0.3, -0.25) is 39.0 Å². The number of likely N-dealkylation sites (tertiary alicyclic amines) is 1. The number of halogens is 2. The lowest BCUT2D eigenvalue weighted by Gasteiger charge is -2.44. The predicted molar refractivity (Wildman–Crippen MR) is 301 cm³/mol. The average molecular weight is 1100 g/mol. The number of ether oxygens (including phenoxy) is 1. The van der Waals surface area contributed by atoms with Crippen LogP contribution in [-0.4, -0.2) is 150 Å². The van der Waals surface area contributed by atoms with Crippen LogP contribution < -0.4 is 35.8 Å². The molecular weight excluding hydrogens is 1030 g/mol. The number of carbonyl (C=O) groups is 4. The molecule has 0 spiro atoms. The van der Waals surface area contributed by atoms with Crippen LogP contribution in [-0.2, 0) is 21.2 Å². The number of carbonyl (C=O) groups excluding carboxylic acids is 4. The van der Waals surface area contributed by atoms with Crippen molar-refractivity contribution in [3.8, 4) is 28.0 Å². The molecule has 4 aromatic carbocycles. The number of piperidine rings is 3. The van der Waals surface area contributed by atoms with Crippen molar-refractivity contribution in [2.45, 2.75) is 50.6 Å². The lowest BCUT2D eigenvalue weighted by Crippen LogP contribution is -2.54. The number of piperazine rings is 1. The number of hydrogen-bond acceptors (Lipinski definition) is 15. The van der Waals surface area contributed by atoms with Crippen molar-refractivity contribution in [1.29, 1.82) is 0 Å². The predicted octanol–water partition coefficient (Wildman–Crippen LogP) is 7.98. The molecule has 1 unspecified atom stereocenters. The van der Waals surface area contributed by atoms with Crippen LogP contribution in [0.5, 0.6) is 5.75 Å². The Labute approximate surface area is 457 Å². The zero-order valence-electron chi connectivity index (χ0n) is 44.2. The summed E-state index contributed by atoms with van der Waals surface area (Å²) in [5.74, 6) is -1.25. The second kappa shape index (κ2) is 21.9. The van der Waals surface area contributed by atoms with Crippen LogP contribution in [0.1, 0.15) is 59.2 Å². The number of nitrogens with zero attached hydrogens (tertiary/aromatic N) is 9. The summed E-state index contributed by atoms with van der Waals surface area (Å²) in [5.41, 5.74) is 6.60. The molecule has 4 fully saturated rings. The normalized spacial score (nSPS) is 19.1. The molecular formula is C57H63ClFN12O6P. The highest BCUT2D eigenvalue weighted by Gasteiger charge is 2.45. The first-order valence-electron chi connectivity index (χ1n) is 26.6. The molecule has 11 rings (SSSR count). The van der Waals surface area contributed by atoms with Gasteiger partial charge >= 0.3 is 0 Å². The van der Waals surface area contributed by atoms with Gasteiger partial charge in [0.05, 0.1) is 47.7 Å². The number of hydrogen-bond donors (Lipinski definition) is 3. The minimum Gasteiger partial charge on any atom is -0.494 e. The molecule has 5 aliphatic rings. The van der Waals surface area contributed by atoms with Crippen LogP contribution in [0.3, 0.4) is 0 Å². The number of anilines is 6. The molecule has 1 atom stereocenters. The number of amides is 4. The van der Waals surface area contributed by atoms with E-state index in [-0.39, 0.29) is 29.7 Å². The summed E-state index contributed by atoms with van der Waals surface area (Å²) in [5, 5.41) is 14.5. The van der Waals surface area contributed by atoms with Gasteiger partial charge in [0, 0.05) is 99.7 Å². The second-order valence-corrected chi connectivity index (χ2v) is 24.9. The van der Waals surface area contributed by atoms with E-state index in [2.05, 4.69) is 52.9 Å². The van der Waals surface area contributed by atoms with Gasteiger partial charge in [0.15, 0.2) is 5.82 Å². The summed E-state index contributed by atoms with van der Waals surface area (Å²) in [7, 11) is 0.814. The Balaban J connectivity index is 0.702. The highest BCUT2D eigenvalue weighted by atomic mass is 35.5. The standard InChI is InChI=1S/C57H63ClFN12O6P/c1-66-34-38(31-61-66)40-28-46(63-57-60-32-43(58)53(65-57)62-45-11-10-37(26-51(45)78(3,4)76)36-8-6-5-7-9-36)50(77-2)30-48(40)69-20-16-39(17-21-69)68-18-14-35(15-19-68)33-67-22-24-70(25-23-67)49-29-42-41(27-44(49)59)55(74)71(56(42)75)47-12-13-52(72)64-54(47)73/h5-11,26-32,34-35,39,47H,12-25,33H2,1-4H3,(H,64,72,73)(H2,60,62,63,65). The summed E-state index contributed by atoms with van der Waals surface area (Å²) < 4.78 is 37.1. The fourth-order valence-corrected chi connectivity index (χ4v) is 13.1. The van der Waals surface area contributed by atoms with Crippen LogP contribution in [0.2, 0.25) is 5.02 Å². The summed E-state index contributed by atoms with van der Waals surface area (Å²) in [6.45, 7) is 10.9. The number of nitrogens with one attached hydrogen (secondary N) is 3. The Morgan fingerprint density at radius 3 is 2.15 bits per heavy atom. The quantitative estimate of drug-likeness (QED) is 0.0703. The van der Waals surface area contributed by atoms with E-state index in [1.807, 2.05) is 72.9 Å². The number of aryl methyl sites for hydroxylation is 1. The maximum absolute atomic E-state index is 15.6. The molecule has 0 radical (unpaired) electrons. The van der Waals surface area contributed by atoms with Crippen molar-refractivity contribution in [3.63, 3.8) is 0 Å². The molecule has 6 aromatic rings. The van der Waals surface area contributed by atoms with E-state index in [0.717, 1.165) is 110 Å². The molecule has 18 nitrogen and oxygen atoms in total. The molecule has 21 heteroatoms. The van der Waals surface area contributed by atoms with E-state index >= 15 is 4.39 Å². The van der Waals surface area contributed by atoms with Crippen LogP contribution >= 0.6 is 18.7 Å². The summed E-state index contributed by atoms with van der Waals surface area (Å²) in [6, 6.07) is 21.9. The number of methoxy groups -OCH3 is 1. The highest BCUT2D eigenvalue weighted by molar-refractivity contribution is 7.70. The van der Waals surface area contributed by atoms with Gasteiger partial charge in [-0.2, -0.15) is 10.1 Å². The van der Waals surface area contributed by atoms with Crippen LogP contribution in [0.25, 0.3) is 22.3 Å². The first kappa shape index (κ1) is 52.9. The molecule has 78 heavy (non-hydrogen) atoms. The lowest BCUT2D eigenvalue weighted by atomic mass is 9.92. The first-order valence-corrected chi connectivity index (χ1v) is 29.6. The van der Waals surface area contributed by atoms with E-state index in [1.54, 1.807) is 25.1 Å². The zero-order chi connectivity index (χ0) is 54.4. The molecule has 4 amide bonds. The SMILES string of the molecule is COc1cc(N2CCC(N3CCC(CN4CCN(c5cc6c(cc5F)C(=O)N(C5CCC(=O)NC5=O)C6=O)CC4)CC3)CC2)c(-c2cnn(C)c2)cc1Nc1ncc(Cl)c(Nc2ccc(-c3ccccc3)cc2P(C)(C)=O)n1. The minimum atomic E-state index is -2.75. The van der Waals surface area contributed by atoms with Crippen molar-refractivity contribution >= 4 is 82.2 Å². The Morgan fingerprint density at radius 2 is 1.47 bits per heavy atom. The van der Waals surface area contributed by atoms with E-state index < -0.39 is 42.6 Å². The highest BCUT2D eigenvalue weighted by Crippen LogP contribution is 2.44. The molecule has 4 saturated heterocycles. The van der Waals surface area contributed by atoms with Crippen LogP contribution in [0, 0.1) is 11.7 Å². The smallest absolute Gasteiger partial charge is 0.262 e. The molecule has 0 bridgehead atoms. The van der Waals surface area contributed by atoms with Crippen molar-refractivity contribution in [1.82, 2.24) is 39.8 Å². The van der Waals surface area contributed by atoms with Gasteiger partial charge in [-0.25, -0.2) is 9.37 Å². The number of aromatic nitrogens is 4. The van der Waals surface area contributed by atoms with E-state index in [9.17, 15) is 23.7 Å². The average Bonchev–Trinajstić information content (AvgIpc) is 4.16. The van der Waals surface area contributed by atoms with Crippen molar-refractivity contribution < 1.29 is 32.9 Å². The van der Waals surface area contributed by atoms with E-state index in [4.69, 9.17) is 21.3 Å².